The van der Waals surface area contributed by atoms with E-state index in [-0.39, 0.29) is 18.1 Å². The van der Waals surface area contributed by atoms with Gasteiger partial charge in [-0.05, 0) is 24.0 Å². The van der Waals surface area contributed by atoms with Crippen LogP contribution in [0.5, 0.6) is 5.75 Å². The molecule has 0 radical (unpaired) electrons. The fourth-order valence-corrected chi connectivity index (χ4v) is 2.26. The number of nitrogens with zero attached hydrogens (tertiary/aromatic N) is 1. The van der Waals surface area contributed by atoms with Crippen molar-refractivity contribution in [2.45, 2.75) is 18.8 Å². The zero-order chi connectivity index (χ0) is 11.7. The monoisotopic (exact) mass is 221 g/mol. The van der Waals surface area contributed by atoms with Gasteiger partial charge in [-0.3, -0.25) is 4.79 Å². The fraction of sp³-hybridized carbons (Fsp3) is 0.417. The third kappa shape index (κ3) is 1.96. The van der Waals surface area contributed by atoms with Crippen molar-refractivity contribution in [2.24, 2.45) is 0 Å². The number of phenols is 1. The summed E-state index contributed by atoms with van der Waals surface area (Å²) in [5.74, 6) is -0.487. The molecule has 1 aliphatic rings. The van der Waals surface area contributed by atoms with Gasteiger partial charge in [0.15, 0.2) is 0 Å². The number of aliphatic carboxylic acids is 1. The van der Waals surface area contributed by atoms with Crippen molar-refractivity contribution < 1.29 is 15.0 Å². The Kier molecular flexibility index (Phi) is 2.73. The summed E-state index contributed by atoms with van der Waals surface area (Å²) in [5.41, 5.74) is 1.96. The van der Waals surface area contributed by atoms with Gasteiger partial charge in [0.05, 0.1) is 6.42 Å². The van der Waals surface area contributed by atoms with Crippen molar-refractivity contribution in [2.75, 3.05) is 18.5 Å². The van der Waals surface area contributed by atoms with E-state index in [0.717, 1.165) is 24.2 Å². The highest BCUT2D eigenvalue weighted by Crippen LogP contribution is 2.38. The minimum absolute atomic E-state index is 0.0595. The van der Waals surface area contributed by atoms with Crippen molar-refractivity contribution >= 4 is 11.7 Å². The van der Waals surface area contributed by atoms with Gasteiger partial charge >= 0.3 is 5.97 Å². The molecule has 0 aliphatic carbocycles. The summed E-state index contributed by atoms with van der Waals surface area (Å²) in [6, 6.07) is 5.14. The van der Waals surface area contributed by atoms with E-state index in [0.29, 0.717) is 0 Å². The van der Waals surface area contributed by atoms with Crippen LogP contribution in [0.2, 0.25) is 0 Å². The molecule has 0 spiro atoms. The first kappa shape index (κ1) is 10.8. The number of hydrogen-bond donors (Lipinski definition) is 2. The zero-order valence-corrected chi connectivity index (χ0v) is 9.18. The van der Waals surface area contributed by atoms with E-state index in [4.69, 9.17) is 5.11 Å². The van der Waals surface area contributed by atoms with E-state index >= 15 is 0 Å². The van der Waals surface area contributed by atoms with Gasteiger partial charge in [-0.15, -0.1) is 0 Å². The van der Waals surface area contributed by atoms with Gasteiger partial charge < -0.3 is 15.1 Å². The number of anilines is 1. The van der Waals surface area contributed by atoms with Gasteiger partial charge in [0.2, 0.25) is 0 Å². The van der Waals surface area contributed by atoms with Crippen LogP contribution in [0, 0.1) is 0 Å². The van der Waals surface area contributed by atoms with Crippen LogP contribution in [0.3, 0.4) is 0 Å². The van der Waals surface area contributed by atoms with Gasteiger partial charge in [-0.2, -0.15) is 0 Å². The summed E-state index contributed by atoms with van der Waals surface area (Å²) < 4.78 is 0. The number of phenolic OH excluding ortho intramolecular Hbond substituents is 1. The molecule has 4 nitrogen and oxygen atoms in total. The van der Waals surface area contributed by atoms with Gasteiger partial charge in [0.1, 0.15) is 5.75 Å². The summed E-state index contributed by atoms with van der Waals surface area (Å²) in [7, 11) is 1.95. The standard InChI is InChI=1S/C12H15NO3/c1-13-5-4-8(6-12(15)16)10-3-2-9(14)7-11(10)13/h2-3,7-8,14H,4-6H2,1H3,(H,15,16). The molecule has 16 heavy (non-hydrogen) atoms. The second kappa shape index (κ2) is 4.04. The Hall–Kier alpha value is -1.71. The highest BCUT2D eigenvalue weighted by Gasteiger charge is 2.25. The number of carboxylic acid groups (broad SMARTS) is 1. The third-order valence-corrected chi connectivity index (χ3v) is 3.10. The molecule has 2 rings (SSSR count). The summed E-state index contributed by atoms with van der Waals surface area (Å²) in [4.78, 5) is 12.8. The molecule has 1 aliphatic heterocycles. The number of carbonyl (C=O) groups is 1. The number of benzene rings is 1. The minimum Gasteiger partial charge on any atom is -0.508 e. The lowest BCUT2D eigenvalue weighted by molar-refractivity contribution is -0.137. The van der Waals surface area contributed by atoms with Crippen LogP contribution < -0.4 is 4.90 Å². The number of aromatic hydroxyl groups is 1. The van der Waals surface area contributed by atoms with Gasteiger partial charge in [-0.25, -0.2) is 0 Å². The zero-order valence-electron chi connectivity index (χ0n) is 9.18. The second-order valence-electron chi connectivity index (χ2n) is 4.25. The molecular formula is C12H15NO3. The summed E-state index contributed by atoms with van der Waals surface area (Å²) in [6.45, 7) is 0.828. The molecule has 1 atom stereocenters. The predicted molar refractivity (Wildman–Crippen MR) is 61.0 cm³/mol. The second-order valence-corrected chi connectivity index (χ2v) is 4.25. The Morgan fingerprint density at radius 1 is 1.56 bits per heavy atom. The molecule has 1 unspecified atom stereocenters. The van der Waals surface area contributed by atoms with E-state index in [1.165, 1.54) is 0 Å². The highest BCUT2D eigenvalue weighted by molar-refractivity contribution is 5.70. The summed E-state index contributed by atoms with van der Waals surface area (Å²) in [6.07, 6.45) is 1.01. The molecule has 1 aromatic rings. The molecule has 0 fully saturated rings. The van der Waals surface area contributed by atoms with Crippen LogP contribution in [-0.2, 0) is 4.79 Å². The predicted octanol–water partition coefficient (Wildman–Crippen LogP) is 1.79. The van der Waals surface area contributed by atoms with Crippen LogP contribution in [0.15, 0.2) is 18.2 Å². The van der Waals surface area contributed by atoms with Gasteiger partial charge in [0.25, 0.3) is 0 Å². The van der Waals surface area contributed by atoms with Crippen molar-refractivity contribution in [3.8, 4) is 5.75 Å². The Morgan fingerprint density at radius 2 is 2.31 bits per heavy atom. The molecule has 1 aromatic carbocycles. The van der Waals surface area contributed by atoms with E-state index in [1.54, 1.807) is 12.1 Å². The molecular weight excluding hydrogens is 206 g/mol. The number of rotatable bonds is 2. The fourth-order valence-electron chi connectivity index (χ4n) is 2.26. The van der Waals surface area contributed by atoms with Crippen LogP contribution in [-0.4, -0.2) is 29.8 Å². The Labute approximate surface area is 94.1 Å². The van der Waals surface area contributed by atoms with Crippen LogP contribution in [0.1, 0.15) is 24.3 Å². The molecule has 0 saturated heterocycles. The molecule has 0 saturated carbocycles. The first-order valence-electron chi connectivity index (χ1n) is 5.34. The highest BCUT2D eigenvalue weighted by atomic mass is 16.4. The van der Waals surface area contributed by atoms with Crippen molar-refractivity contribution in [1.29, 1.82) is 0 Å². The first-order chi connectivity index (χ1) is 7.58. The lowest BCUT2D eigenvalue weighted by Gasteiger charge is -2.32. The van der Waals surface area contributed by atoms with Crippen molar-refractivity contribution in [3.63, 3.8) is 0 Å². The van der Waals surface area contributed by atoms with Crippen molar-refractivity contribution in [3.05, 3.63) is 23.8 Å². The Balaban J connectivity index is 2.36. The first-order valence-corrected chi connectivity index (χ1v) is 5.34. The molecule has 0 amide bonds. The molecule has 86 valence electrons. The maximum atomic E-state index is 10.8. The smallest absolute Gasteiger partial charge is 0.303 e. The lowest BCUT2D eigenvalue weighted by atomic mass is 9.87. The van der Waals surface area contributed by atoms with Crippen LogP contribution in [0.4, 0.5) is 5.69 Å². The van der Waals surface area contributed by atoms with Crippen LogP contribution >= 0.6 is 0 Å². The number of carboxylic acids is 1. The molecule has 0 aromatic heterocycles. The van der Waals surface area contributed by atoms with E-state index < -0.39 is 5.97 Å². The lowest BCUT2D eigenvalue weighted by Crippen LogP contribution is -2.28. The third-order valence-electron chi connectivity index (χ3n) is 3.10. The minimum atomic E-state index is -0.770. The van der Waals surface area contributed by atoms with E-state index in [1.807, 2.05) is 18.0 Å². The van der Waals surface area contributed by atoms with Crippen molar-refractivity contribution in [1.82, 2.24) is 0 Å². The normalized spacial score (nSPS) is 19.3. The number of hydrogen-bond acceptors (Lipinski definition) is 3. The number of fused-ring (bicyclic) bond motifs is 1. The largest absolute Gasteiger partial charge is 0.508 e. The SMILES string of the molecule is CN1CCC(CC(=O)O)c2ccc(O)cc21. The van der Waals surface area contributed by atoms with Crippen LogP contribution in [0.25, 0.3) is 0 Å². The summed E-state index contributed by atoms with van der Waals surface area (Å²) >= 11 is 0. The summed E-state index contributed by atoms with van der Waals surface area (Å²) in [5, 5.41) is 18.3. The topological polar surface area (TPSA) is 60.8 Å². The molecule has 4 heteroatoms. The maximum absolute atomic E-state index is 10.8. The van der Waals surface area contributed by atoms with Gasteiger partial charge in [-0.1, -0.05) is 6.07 Å². The quantitative estimate of drug-likeness (QED) is 0.799. The molecule has 0 bridgehead atoms. The maximum Gasteiger partial charge on any atom is 0.303 e. The molecule has 1 heterocycles. The Morgan fingerprint density at radius 3 is 3.00 bits per heavy atom. The van der Waals surface area contributed by atoms with Gasteiger partial charge in [0, 0.05) is 25.3 Å². The molecule has 2 N–H and O–H groups in total. The average Bonchev–Trinajstić information content (AvgIpc) is 2.22. The average molecular weight is 221 g/mol. The Bertz CT molecular complexity index is 417. The van der Waals surface area contributed by atoms with E-state index in [9.17, 15) is 9.90 Å². The van der Waals surface area contributed by atoms with E-state index in [2.05, 4.69) is 0 Å².